The summed E-state index contributed by atoms with van der Waals surface area (Å²) in [6.07, 6.45) is 29.8. The van der Waals surface area contributed by atoms with Crippen LogP contribution in [0.4, 0.5) is 0 Å². The fourth-order valence-electron chi connectivity index (χ4n) is 4.08. The molecule has 0 aromatic carbocycles. The molecule has 0 aromatic rings. The standard InChI is InChI=1S/C31H57NO4/c1-3-5-7-9-11-13-15-17-19-21-23-25-30(35)29(27-33)32-31(36)26-28(34)24-22-20-18-16-14-12-10-8-6-4-2/h7,9,15,17,23,25,28-30,33-35H,3-6,8,10-14,16,18-22,24,26-27H2,1-2H3,(H,32,36)/b9-7+,17-15+,25-23+. The van der Waals surface area contributed by atoms with Gasteiger partial charge in [-0.15, -0.1) is 0 Å². The molecule has 0 bridgehead atoms. The highest BCUT2D eigenvalue weighted by atomic mass is 16.3. The van der Waals surface area contributed by atoms with Gasteiger partial charge in [-0.05, 0) is 38.5 Å². The minimum Gasteiger partial charge on any atom is -0.394 e. The minimum atomic E-state index is -0.953. The molecular formula is C31H57NO4. The number of nitrogens with one attached hydrogen (secondary N) is 1. The van der Waals surface area contributed by atoms with Crippen LogP contribution >= 0.6 is 0 Å². The predicted octanol–water partition coefficient (Wildman–Crippen LogP) is 6.92. The smallest absolute Gasteiger partial charge is 0.222 e. The molecular weight excluding hydrogens is 450 g/mol. The third-order valence-electron chi connectivity index (χ3n) is 6.39. The monoisotopic (exact) mass is 507 g/mol. The van der Waals surface area contributed by atoms with E-state index in [4.69, 9.17) is 0 Å². The molecule has 0 heterocycles. The largest absolute Gasteiger partial charge is 0.394 e. The number of rotatable bonds is 25. The van der Waals surface area contributed by atoms with Crippen molar-refractivity contribution >= 4 is 5.91 Å². The highest BCUT2D eigenvalue weighted by Crippen LogP contribution is 2.13. The molecule has 0 aromatic heterocycles. The molecule has 210 valence electrons. The van der Waals surface area contributed by atoms with Crippen LogP contribution in [0.3, 0.4) is 0 Å². The van der Waals surface area contributed by atoms with Crippen molar-refractivity contribution in [2.75, 3.05) is 6.61 Å². The molecule has 4 N–H and O–H groups in total. The molecule has 36 heavy (non-hydrogen) atoms. The van der Waals surface area contributed by atoms with Gasteiger partial charge in [0, 0.05) is 0 Å². The average Bonchev–Trinajstić information content (AvgIpc) is 2.86. The number of carbonyl (C=O) groups excluding carboxylic acids is 1. The van der Waals surface area contributed by atoms with E-state index in [1.807, 2.05) is 6.08 Å². The number of aliphatic hydroxyl groups is 3. The van der Waals surface area contributed by atoms with Crippen molar-refractivity contribution in [3.63, 3.8) is 0 Å². The second-order valence-corrected chi connectivity index (χ2v) is 9.99. The lowest BCUT2D eigenvalue weighted by Crippen LogP contribution is -2.45. The van der Waals surface area contributed by atoms with Crippen LogP contribution in [0.15, 0.2) is 36.5 Å². The summed E-state index contributed by atoms with van der Waals surface area (Å²) < 4.78 is 0. The van der Waals surface area contributed by atoms with E-state index in [0.717, 1.165) is 44.9 Å². The summed E-state index contributed by atoms with van der Waals surface area (Å²) in [4.78, 5) is 12.2. The van der Waals surface area contributed by atoms with Crippen molar-refractivity contribution in [3.05, 3.63) is 36.5 Å². The molecule has 0 aliphatic heterocycles. The fraction of sp³-hybridized carbons (Fsp3) is 0.774. The summed E-state index contributed by atoms with van der Waals surface area (Å²) in [7, 11) is 0. The second kappa shape index (κ2) is 26.6. The Kier molecular flexibility index (Phi) is 25.6. The third-order valence-corrected chi connectivity index (χ3v) is 6.39. The minimum absolute atomic E-state index is 0.00277. The molecule has 1 amide bonds. The van der Waals surface area contributed by atoms with Crippen molar-refractivity contribution in [3.8, 4) is 0 Å². The van der Waals surface area contributed by atoms with Gasteiger partial charge in [0.2, 0.25) is 5.91 Å². The van der Waals surface area contributed by atoms with E-state index in [9.17, 15) is 20.1 Å². The zero-order chi connectivity index (χ0) is 26.7. The van der Waals surface area contributed by atoms with Crippen LogP contribution in [0, 0.1) is 0 Å². The summed E-state index contributed by atoms with van der Waals surface area (Å²) in [5.74, 6) is -0.336. The summed E-state index contributed by atoms with van der Waals surface area (Å²) in [5.41, 5.74) is 0. The van der Waals surface area contributed by atoms with E-state index in [0.29, 0.717) is 6.42 Å². The summed E-state index contributed by atoms with van der Waals surface area (Å²) >= 11 is 0. The van der Waals surface area contributed by atoms with Gasteiger partial charge < -0.3 is 20.6 Å². The van der Waals surface area contributed by atoms with Crippen molar-refractivity contribution < 1.29 is 20.1 Å². The lowest BCUT2D eigenvalue weighted by molar-refractivity contribution is -0.124. The molecule has 0 spiro atoms. The van der Waals surface area contributed by atoms with Crippen LogP contribution in [0.1, 0.15) is 129 Å². The number of unbranched alkanes of at least 4 members (excludes halogenated alkanes) is 12. The van der Waals surface area contributed by atoms with E-state index in [1.165, 1.54) is 57.8 Å². The van der Waals surface area contributed by atoms with Crippen molar-refractivity contribution in [2.24, 2.45) is 0 Å². The zero-order valence-electron chi connectivity index (χ0n) is 23.4. The number of hydrogen-bond acceptors (Lipinski definition) is 4. The molecule has 3 atom stereocenters. The van der Waals surface area contributed by atoms with Gasteiger partial charge in [0.15, 0.2) is 0 Å². The summed E-state index contributed by atoms with van der Waals surface area (Å²) in [6, 6.07) is -0.760. The lowest BCUT2D eigenvalue weighted by Gasteiger charge is -2.21. The van der Waals surface area contributed by atoms with E-state index in [2.05, 4.69) is 43.5 Å². The molecule has 0 aliphatic rings. The van der Waals surface area contributed by atoms with Gasteiger partial charge >= 0.3 is 0 Å². The Morgan fingerprint density at radius 2 is 1.19 bits per heavy atom. The van der Waals surface area contributed by atoms with Crippen LogP contribution in [0.5, 0.6) is 0 Å². The molecule has 5 nitrogen and oxygen atoms in total. The number of hydrogen-bond donors (Lipinski definition) is 4. The highest BCUT2D eigenvalue weighted by molar-refractivity contribution is 5.76. The lowest BCUT2D eigenvalue weighted by atomic mass is 10.0. The number of aliphatic hydroxyl groups excluding tert-OH is 3. The van der Waals surface area contributed by atoms with E-state index in [-0.39, 0.29) is 18.9 Å². The van der Waals surface area contributed by atoms with Crippen LogP contribution in [-0.4, -0.2) is 46.1 Å². The normalized spacial score (nSPS) is 14.7. The maximum absolute atomic E-state index is 12.2. The maximum atomic E-state index is 12.2. The number of carbonyl (C=O) groups is 1. The van der Waals surface area contributed by atoms with Gasteiger partial charge in [-0.2, -0.15) is 0 Å². The molecule has 0 radical (unpaired) electrons. The Hall–Kier alpha value is -1.43. The topological polar surface area (TPSA) is 89.8 Å². The van der Waals surface area contributed by atoms with E-state index < -0.39 is 18.2 Å². The molecule has 0 saturated heterocycles. The van der Waals surface area contributed by atoms with Crippen LogP contribution < -0.4 is 5.32 Å². The first-order valence-electron chi connectivity index (χ1n) is 14.8. The van der Waals surface area contributed by atoms with Gasteiger partial charge in [-0.25, -0.2) is 0 Å². The quantitative estimate of drug-likeness (QED) is 0.0798. The Labute approximate surface area is 222 Å². The van der Waals surface area contributed by atoms with Crippen LogP contribution in [0.2, 0.25) is 0 Å². The van der Waals surface area contributed by atoms with E-state index in [1.54, 1.807) is 6.08 Å². The average molecular weight is 508 g/mol. The van der Waals surface area contributed by atoms with Crippen LogP contribution in [-0.2, 0) is 4.79 Å². The molecule has 0 rings (SSSR count). The Morgan fingerprint density at radius 3 is 1.72 bits per heavy atom. The molecule has 0 fully saturated rings. The molecule has 3 unspecified atom stereocenters. The van der Waals surface area contributed by atoms with Gasteiger partial charge in [0.25, 0.3) is 0 Å². The van der Waals surface area contributed by atoms with Gasteiger partial charge in [-0.3, -0.25) is 4.79 Å². The number of allylic oxidation sites excluding steroid dienone is 5. The first-order valence-corrected chi connectivity index (χ1v) is 14.8. The second-order valence-electron chi connectivity index (χ2n) is 9.99. The van der Waals surface area contributed by atoms with Gasteiger partial charge in [-0.1, -0.05) is 121 Å². The van der Waals surface area contributed by atoms with Crippen molar-refractivity contribution in [1.29, 1.82) is 0 Å². The van der Waals surface area contributed by atoms with Crippen LogP contribution in [0.25, 0.3) is 0 Å². The Balaban J connectivity index is 3.92. The first kappa shape index (κ1) is 34.6. The van der Waals surface area contributed by atoms with Crippen molar-refractivity contribution in [1.82, 2.24) is 5.32 Å². The molecule has 0 saturated carbocycles. The Bertz CT molecular complexity index is 573. The highest BCUT2D eigenvalue weighted by Gasteiger charge is 2.19. The van der Waals surface area contributed by atoms with E-state index >= 15 is 0 Å². The summed E-state index contributed by atoms with van der Waals surface area (Å²) in [6.45, 7) is 4.06. The SMILES string of the molecule is CCC/C=C/CC/C=C/CC/C=C/C(O)C(CO)NC(=O)CC(O)CCCCCCCCCCCC. The third kappa shape index (κ3) is 23.0. The summed E-state index contributed by atoms with van der Waals surface area (Å²) in [5, 5.41) is 32.7. The number of amides is 1. The fourth-order valence-corrected chi connectivity index (χ4v) is 4.08. The Morgan fingerprint density at radius 1 is 0.694 bits per heavy atom. The molecule has 0 aliphatic carbocycles. The predicted molar refractivity (Wildman–Crippen MR) is 153 cm³/mol. The zero-order valence-corrected chi connectivity index (χ0v) is 23.4. The van der Waals surface area contributed by atoms with Gasteiger partial charge in [0.1, 0.15) is 0 Å². The first-order chi connectivity index (χ1) is 17.5. The van der Waals surface area contributed by atoms with Gasteiger partial charge in [0.05, 0.1) is 31.3 Å². The van der Waals surface area contributed by atoms with Crippen molar-refractivity contribution in [2.45, 2.75) is 148 Å². The molecule has 5 heteroatoms. The maximum Gasteiger partial charge on any atom is 0.222 e.